The van der Waals surface area contributed by atoms with Gasteiger partial charge >= 0.3 is 5.97 Å². The van der Waals surface area contributed by atoms with Crippen LogP contribution in [0.3, 0.4) is 0 Å². The van der Waals surface area contributed by atoms with Gasteiger partial charge in [0.25, 0.3) is 0 Å². The Labute approximate surface area is 135 Å². The van der Waals surface area contributed by atoms with Gasteiger partial charge in [0, 0.05) is 10.9 Å². The van der Waals surface area contributed by atoms with Gasteiger partial charge in [-0.25, -0.2) is 9.78 Å². The summed E-state index contributed by atoms with van der Waals surface area (Å²) in [5.41, 5.74) is 1.58. The fourth-order valence-corrected chi connectivity index (χ4v) is 3.10. The molecule has 0 spiro atoms. The third-order valence-corrected chi connectivity index (χ3v) is 4.36. The number of esters is 1. The number of hydrogen-bond acceptors (Lipinski definition) is 5. The van der Waals surface area contributed by atoms with Crippen molar-refractivity contribution in [1.82, 2.24) is 4.98 Å². The van der Waals surface area contributed by atoms with Crippen LogP contribution >= 0.6 is 33.9 Å². The second kappa shape index (κ2) is 6.71. The van der Waals surface area contributed by atoms with Crippen LogP contribution in [-0.2, 0) is 11.2 Å². The van der Waals surface area contributed by atoms with E-state index in [1.54, 1.807) is 18.3 Å². The van der Waals surface area contributed by atoms with Crippen molar-refractivity contribution in [2.75, 3.05) is 6.61 Å². The Balaban J connectivity index is 2.38. The fraction of sp³-hybridized carbons (Fsp3) is 0.429. The van der Waals surface area contributed by atoms with E-state index in [0.717, 1.165) is 8.45 Å². The van der Waals surface area contributed by atoms with Crippen LogP contribution in [0, 0.1) is 8.80 Å². The van der Waals surface area contributed by atoms with Crippen LogP contribution in [0.25, 0.3) is 11.5 Å². The van der Waals surface area contributed by atoms with E-state index < -0.39 is 5.97 Å². The van der Waals surface area contributed by atoms with Crippen LogP contribution in [0.2, 0.25) is 0 Å². The lowest BCUT2D eigenvalue weighted by molar-refractivity contribution is 0.0489. The first-order valence-corrected chi connectivity index (χ1v) is 8.38. The summed E-state index contributed by atoms with van der Waals surface area (Å²) in [7, 11) is 0. The van der Waals surface area contributed by atoms with Gasteiger partial charge in [0.1, 0.15) is 0 Å². The van der Waals surface area contributed by atoms with Crippen LogP contribution in [0.15, 0.2) is 15.9 Å². The minimum Gasteiger partial charge on any atom is -0.460 e. The van der Waals surface area contributed by atoms with E-state index in [0.29, 0.717) is 30.5 Å². The molecule has 0 bridgehead atoms. The molecule has 20 heavy (non-hydrogen) atoms. The zero-order valence-corrected chi connectivity index (χ0v) is 14.6. The van der Waals surface area contributed by atoms with Gasteiger partial charge in [-0.1, -0.05) is 13.8 Å². The Kier molecular flexibility index (Phi) is 5.20. The van der Waals surface area contributed by atoms with Gasteiger partial charge in [-0.2, -0.15) is 0 Å². The van der Waals surface area contributed by atoms with Crippen LogP contribution in [0.5, 0.6) is 0 Å². The van der Waals surface area contributed by atoms with Gasteiger partial charge < -0.3 is 9.15 Å². The molecule has 2 aromatic heterocycles. The first kappa shape index (κ1) is 15.5. The molecule has 0 unspecified atom stereocenters. The molecule has 2 heterocycles. The molecule has 0 fully saturated rings. The Morgan fingerprint density at radius 3 is 2.85 bits per heavy atom. The minimum atomic E-state index is -0.438. The number of nitrogens with zero attached hydrogens (tertiary/aromatic N) is 1. The molecular weight excluding hydrogens is 389 g/mol. The summed E-state index contributed by atoms with van der Waals surface area (Å²) in [6.45, 7) is 6.26. The van der Waals surface area contributed by atoms with Crippen LogP contribution in [-0.4, -0.2) is 17.6 Å². The SMILES string of the molecule is CCOC(=O)c1oc(-c2csc(I)c2)nc1CC(C)C. The Morgan fingerprint density at radius 2 is 2.30 bits per heavy atom. The molecular formula is C14H16INO3S. The van der Waals surface area contributed by atoms with Gasteiger partial charge in [-0.05, 0) is 47.9 Å². The monoisotopic (exact) mass is 405 g/mol. The molecule has 0 aliphatic carbocycles. The number of carbonyl (C=O) groups is 1. The standard InChI is InChI=1S/C14H16INO3S/c1-4-18-14(17)12-10(5-8(2)3)16-13(19-12)9-6-11(15)20-7-9/h6-8H,4-5H2,1-3H3. The molecule has 0 aliphatic heterocycles. The van der Waals surface area contributed by atoms with Crippen molar-refractivity contribution in [2.24, 2.45) is 5.92 Å². The summed E-state index contributed by atoms with van der Waals surface area (Å²) in [4.78, 5) is 16.4. The molecule has 0 N–H and O–H groups in total. The molecule has 6 heteroatoms. The summed E-state index contributed by atoms with van der Waals surface area (Å²) < 4.78 is 11.8. The minimum absolute atomic E-state index is 0.233. The number of halogens is 1. The van der Waals surface area contributed by atoms with Crippen molar-refractivity contribution in [3.63, 3.8) is 0 Å². The highest BCUT2D eigenvalue weighted by atomic mass is 127. The number of rotatable bonds is 5. The average molecular weight is 405 g/mol. The quantitative estimate of drug-likeness (QED) is 0.547. The van der Waals surface area contributed by atoms with Gasteiger partial charge in [0.15, 0.2) is 0 Å². The number of aromatic nitrogens is 1. The highest BCUT2D eigenvalue weighted by Crippen LogP contribution is 2.28. The first-order chi connectivity index (χ1) is 9.51. The van der Waals surface area contributed by atoms with Crippen LogP contribution < -0.4 is 0 Å². The third-order valence-electron chi connectivity index (χ3n) is 2.57. The summed E-state index contributed by atoms with van der Waals surface area (Å²) in [5, 5.41) is 1.97. The Hall–Kier alpha value is -0.890. The molecule has 0 radical (unpaired) electrons. The molecule has 108 valence electrons. The fourth-order valence-electron chi connectivity index (χ4n) is 1.78. The van der Waals surface area contributed by atoms with Crippen molar-refractivity contribution >= 4 is 39.9 Å². The summed E-state index contributed by atoms with van der Waals surface area (Å²) >= 11 is 3.86. The lowest BCUT2D eigenvalue weighted by Crippen LogP contribution is -2.08. The van der Waals surface area contributed by atoms with E-state index in [9.17, 15) is 4.79 Å². The van der Waals surface area contributed by atoms with E-state index in [1.165, 1.54) is 0 Å². The molecule has 2 rings (SSSR count). The second-order valence-electron chi connectivity index (χ2n) is 4.75. The third kappa shape index (κ3) is 3.60. The number of oxazole rings is 1. The Morgan fingerprint density at radius 1 is 1.55 bits per heavy atom. The molecule has 0 amide bonds. The Bertz CT molecular complexity index is 603. The number of ether oxygens (including phenoxy) is 1. The second-order valence-corrected chi connectivity index (χ2v) is 7.56. The van der Waals surface area contributed by atoms with Gasteiger partial charge in [-0.3, -0.25) is 0 Å². The number of thiophene rings is 1. The lowest BCUT2D eigenvalue weighted by atomic mass is 10.1. The highest BCUT2D eigenvalue weighted by Gasteiger charge is 2.23. The summed E-state index contributed by atoms with van der Waals surface area (Å²) in [6, 6.07) is 1.99. The number of hydrogen-bond donors (Lipinski definition) is 0. The maximum atomic E-state index is 11.9. The van der Waals surface area contributed by atoms with Crippen molar-refractivity contribution < 1.29 is 13.9 Å². The molecule has 4 nitrogen and oxygen atoms in total. The van der Waals surface area contributed by atoms with Crippen molar-refractivity contribution in [1.29, 1.82) is 0 Å². The van der Waals surface area contributed by atoms with Gasteiger partial charge in [0.2, 0.25) is 11.7 Å². The molecule has 0 saturated heterocycles. The molecule has 0 aliphatic rings. The zero-order chi connectivity index (χ0) is 14.7. The van der Waals surface area contributed by atoms with E-state index in [4.69, 9.17) is 9.15 Å². The maximum Gasteiger partial charge on any atom is 0.376 e. The first-order valence-electron chi connectivity index (χ1n) is 6.42. The number of carbonyl (C=O) groups excluding carboxylic acids is 1. The molecule has 0 aromatic carbocycles. The van der Waals surface area contributed by atoms with Crippen molar-refractivity contribution in [3.8, 4) is 11.5 Å². The predicted octanol–water partition coefficient (Wildman–Crippen LogP) is 4.38. The highest BCUT2D eigenvalue weighted by molar-refractivity contribution is 14.1. The topological polar surface area (TPSA) is 52.3 Å². The molecule has 0 saturated carbocycles. The van der Waals surface area contributed by atoms with Crippen LogP contribution in [0.4, 0.5) is 0 Å². The van der Waals surface area contributed by atoms with Crippen molar-refractivity contribution in [3.05, 3.63) is 25.8 Å². The zero-order valence-electron chi connectivity index (χ0n) is 11.6. The molecule has 2 aromatic rings. The maximum absolute atomic E-state index is 11.9. The normalized spacial score (nSPS) is 11.1. The van der Waals surface area contributed by atoms with Crippen LogP contribution in [0.1, 0.15) is 37.0 Å². The summed E-state index contributed by atoms with van der Waals surface area (Å²) in [5.74, 6) is 0.676. The lowest BCUT2D eigenvalue weighted by Gasteiger charge is -2.02. The van der Waals surface area contributed by atoms with Crippen molar-refractivity contribution in [2.45, 2.75) is 27.2 Å². The summed E-state index contributed by atoms with van der Waals surface area (Å²) in [6.07, 6.45) is 0.693. The van der Waals surface area contributed by atoms with E-state index >= 15 is 0 Å². The largest absolute Gasteiger partial charge is 0.460 e. The van der Waals surface area contributed by atoms with E-state index in [2.05, 4.69) is 41.4 Å². The van der Waals surface area contributed by atoms with E-state index in [-0.39, 0.29) is 5.76 Å². The van der Waals surface area contributed by atoms with Gasteiger partial charge in [-0.15, -0.1) is 11.3 Å². The predicted molar refractivity (Wildman–Crippen MR) is 87.0 cm³/mol. The average Bonchev–Trinajstić information content (AvgIpc) is 2.95. The van der Waals surface area contributed by atoms with E-state index in [1.807, 2.05) is 11.4 Å². The van der Waals surface area contributed by atoms with Gasteiger partial charge in [0.05, 0.1) is 15.2 Å². The smallest absolute Gasteiger partial charge is 0.376 e. The molecule has 0 atom stereocenters.